The molecule has 114 valence electrons. The number of esters is 1. The average Bonchev–Trinajstić information content (AvgIpc) is 2.62. The molecule has 0 spiro atoms. The van der Waals surface area contributed by atoms with Gasteiger partial charge >= 0.3 is 5.97 Å². The predicted octanol–water partition coefficient (Wildman–Crippen LogP) is 4.57. The van der Waals surface area contributed by atoms with E-state index in [0.29, 0.717) is 6.42 Å². The van der Waals surface area contributed by atoms with E-state index >= 15 is 0 Å². The molecule has 0 aromatic rings. The quantitative estimate of drug-likeness (QED) is 0.704. The molecule has 6 unspecified atom stereocenters. The lowest BCUT2D eigenvalue weighted by Crippen LogP contribution is -2.48. The molecule has 0 radical (unpaired) electrons. The number of fused-ring (bicyclic) bond motifs is 1. The molecule has 6 atom stereocenters. The fourth-order valence-corrected chi connectivity index (χ4v) is 5.76. The zero-order valence-corrected chi connectivity index (χ0v) is 13.6. The minimum absolute atomic E-state index is 0.0172. The van der Waals surface area contributed by atoms with Crippen molar-refractivity contribution in [2.75, 3.05) is 0 Å². The molecule has 0 heterocycles. The lowest BCUT2D eigenvalue weighted by Gasteiger charge is -2.48. The van der Waals surface area contributed by atoms with Gasteiger partial charge in [-0.15, -0.1) is 0 Å². The Balaban J connectivity index is 1.90. The Morgan fingerprint density at radius 2 is 1.95 bits per heavy atom. The average molecular weight is 278 g/mol. The van der Waals surface area contributed by atoms with Crippen LogP contribution in [-0.2, 0) is 9.53 Å². The van der Waals surface area contributed by atoms with Crippen LogP contribution < -0.4 is 0 Å². The minimum atomic E-state index is -0.249. The number of carbonyl (C=O) groups excluding carboxylic acids is 1. The Labute approximate surface area is 123 Å². The van der Waals surface area contributed by atoms with Crippen molar-refractivity contribution < 1.29 is 9.53 Å². The van der Waals surface area contributed by atoms with Gasteiger partial charge in [0.25, 0.3) is 0 Å². The molecule has 0 amide bonds. The smallest absolute Gasteiger partial charge is 0.306 e. The molecular formula is C18H30O2. The van der Waals surface area contributed by atoms with E-state index in [1.54, 1.807) is 0 Å². The highest BCUT2D eigenvalue weighted by Gasteiger charge is 2.63. The van der Waals surface area contributed by atoms with Gasteiger partial charge in [-0.2, -0.15) is 0 Å². The Morgan fingerprint density at radius 3 is 2.60 bits per heavy atom. The van der Waals surface area contributed by atoms with Crippen LogP contribution in [0, 0.1) is 29.1 Å². The molecule has 0 aliphatic heterocycles. The lowest BCUT2D eigenvalue weighted by atomic mass is 9.61. The first-order valence-electron chi connectivity index (χ1n) is 8.65. The van der Waals surface area contributed by atoms with E-state index in [0.717, 1.165) is 30.1 Å². The topological polar surface area (TPSA) is 26.3 Å². The van der Waals surface area contributed by atoms with Gasteiger partial charge in [0.2, 0.25) is 0 Å². The summed E-state index contributed by atoms with van der Waals surface area (Å²) in [6, 6.07) is 0. The molecule has 2 nitrogen and oxygen atoms in total. The molecule has 3 saturated carbocycles. The van der Waals surface area contributed by atoms with Crippen LogP contribution in [0.25, 0.3) is 0 Å². The summed E-state index contributed by atoms with van der Waals surface area (Å²) in [6.07, 6.45) is 8.18. The van der Waals surface area contributed by atoms with Gasteiger partial charge < -0.3 is 4.74 Å². The number of carbonyl (C=O) groups is 1. The van der Waals surface area contributed by atoms with E-state index in [1.165, 1.54) is 32.1 Å². The summed E-state index contributed by atoms with van der Waals surface area (Å²) in [7, 11) is 0. The monoisotopic (exact) mass is 278 g/mol. The Hall–Kier alpha value is -0.530. The third-order valence-corrected chi connectivity index (χ3v) is 6.96. The zero-order chi connectivity index (χ0) is 14.5. The summed E-state index contributed by atoms with van der Waals surface area (Å²) < 4.78 is 6.03. The molecule has 3 fully saturated rings. The van der Waals surface area contributed by atoms with Crippen molar-refractivity contribution in [1.29, 1.82) is 0 Å². The predicted molar refractivity (Wildman–Crippen MR) is 80.2 cm³/mol. The normalized spacial score (nSPS) is 45.2. The van der Waals surface area contributed by atoms with Crippen LogP contribution >= 0.6 is 0 Å². The van der Waals surface area contributed by atoms with Crippen molar-refractivity contribution in [1.82, 2.24) is 0 Å². The molecular weight excluding hydrogens is 248 g/mol. The fraction of sp³-hybridized carbons (Fsp3) is 0.944. The van der Waals surface area contributed by atoms with Gasteiger partial charge in [0.1, 0.15) is 5.60 Å². The van der Waals surface area contributed by atoms with Gasteiger partial charge in [-0.3, -0.25) is 4.79 Å². The maximum atomic E-state index is 11.9. The number of ether oxygens (including phenoxy) is 1. The molecule has 20 heavy (non-hydrogen) atoms. The lowest BCUT2D eigenvalue weighted by molar-refractivity contribution is -0.177. The van der Waals surface area contributed by atoms with Crippen LogP contribution in [-0.4, -0.2) is 11.6 Å². The van der Waals surface area contributed by atoms with Gasteiger partial charge in [0.05, 0.1) is 0 Å². The van der Waals surface area contributed by atoms with Crippen LogP contribution in [0.2, 0.25) is 0 Å². The van der Waals surface area contributed by atoms with Crippen LogP contribution in [0.3, 0.4) is 0 Å². The van der Waals surface area contributed by atoms with E-state index in [-0.39, 0.29) is 17.0 Å². The van der Waals surface area contributed by atoms with Crippen molar-refractivity contribution in [3.8, 4) is 0 Å². The molecule has 3 aliphatic rings. The van der Waals surface area contributed by atoms with Gasteiger partial charge in [-0.05, 0) is 69.1 Å². The first-order valence-corrected chi connectivity index (χ1v) is 8.65. The molecule has 3 rings (SSSR count). The van der Waals surface area contributed by atoms with Gasteiger partial charge in [0.15, 0.2) is 0 Å². The Kier molecular flexibility index (Phi) is 3.42. The molecule has 0 N–H and O–H groups in total. The first kappa shape index (κ1) is 14.4. The Bertz CT molecular complexity index is 400. The zero-order valence-electron chi connectivity index (χ0n) is 13.6. The Morgan fingerprint density at radius 1 is 1.20 bits per heavy atom. The minimum Gasteiger partial charge on any atom is -0.459 e. The largest absolute Gasteiger partial charge is 0.459 e. The number of hydrogen-bond acceptors (Lipinski definition) is 2. The van der Waals surface area contributed by atoms with E-state index in [9.17, 15) is 4.79 Å². The van der Waals surface area contributed by atoms with E-state index in [4.69, 9.17) is 4.74 Å². The van der Waals surface area contributed by atoms with Crippen molar-refractivity contribution in [2.45, 2.75) is 78.2 Å². The second-order valence-corrected chi connectivity index (χ2v) is 8.07. The highest BCUT2D eigenvalue weighted by atomic mass is 16.6. The van der Waals surface area contributed by atoms with Crippen molar-refractivity contribution in [2.24, 2.45) is 29.1 Å². The van der Waals surface area contributed by atoms with Crippen molar-refractivity contribution in [3.05, 3.63) is 0 Å². The molecule has 2 heteroatoms. The third-order valence-electron chi connectivity index (χ3n) is 6.96. The molecule has 3 aliphatic carbocycles. The standard InChI is InChI=1S/C18H30O2/c1-5-16(19)20-17(4,6-2)18-9-12(3)7-13-8-14(10-18)15(13)11-18/h12-15H,5-11H2,1-4H3. The molecule has 0 aromatic carbocycles. The summed E-state index contributed by atoms with van der Waals surface area (Å²) in [6.45, 7) is 8.73. The van der Waals surface area contributed by atoms with Gasteiger partial charge in [-0.25, -0.2) is 0 Å². The van der Waals surface area contributed by atoms with Crippen molar-refractivity contribution in [3.63, 3.8) is 0 Å². The van der Waals surface area contributed by atoms with Crippen LogP contribution in [0.15, 0.2) is 0 Å². The SMILES string of the molecule is CCC(=O)OC(C)(CC)C12CC(C)CC3CC(C1)C3C2. The first-order chi connectivity index (χ1) is 9.43. The van der Waals surface area contributed by atoms with Crippen molar-refractivity contribution >= 4 is 5.97 Å². The fourth-order valence-electron chi connectivity index (χ4n) is 5.76. The second-order valence-electron chi connectivity index (χ2n) is 8.07. The maximum absolute atomic E-state index is 11.9. The third kappa shape index (κ3) is 1.94. The van der Waals surface area contributed by atoms with Crippen LogP contribution in [0.4, 0.5) is 0 Å². The molecule has 0 saturated heterocycles. The number of hydrogen-bond donors (Lipinski definition) is 0. The van der Waals surface area contributed by atoms with E-state index < -0.39 is 0 Å². The maximum Gasteiger partial charge on any atom is 0.306 e. The summed E-state index contributed by atoms with van der Waals surface area (Å²) in [4.78, 5) is 11.9. The summed E-state index contributed by atoms with van der Waals surface area (Å²) in [5.74, 6) is 3.61. The highest BCUT2D eigenvalue weighted by molar-refractivity contribution is 5.69. The summed E-state index contributed by atoms with van der Waals surface area (Å²) >= 11 is 0. The van der Waals surface area contributed by atoms with E-state index in [2.05, 4.69) is 20.8 Å². The summed E-state index contributed by atoms with van der Waals surface area (Å²) in [5.41, 5.74) is 0.00711. The van der Waals surface area contributed by atoms with Crippen LogP contribution in [0.1, 0.15) is 72.6 Å². The summed E-state index contributed by atoms with van der Waals surface area (Å²) in [5, 5.41) is 0. The van der Waals surface area contributed by atoms with Gasteiger partial charge in [0, 0.05) is 11.8 Å². The molecule has 0 aromatic heterocycles. The number of rotatable bonds is 4. The van der Waals surface area contributed by atoms with Gasteiger partial charge in [-0.1, -0.05) is 20.8 Å². The molecule has 2 bridgehead atoms. The highest BCUT2D eigenvalue weighted by Crippen LogP contribution is 2.68. The second kappa shape index (κ2) is 4.74. The van der Waals surface area contributed by atoms with Crippen LogP contribution in [0.5, 0.6) is 0 Å². The van der Waals surface area contributed by atoms with E-state index in [1.807, 2.05) is 6.92 Å².